The highest BCUT2D eigenvalue weighted by atomic mass is 32.2. The van der Waals surface area contributed by atoms with Gasteiger partial charge < -0.3 is 30.5 Å². The summed E-state index contributed by atoms with van der Waals surface area (Å²) >= 11 is 0.955. The van der Waals surface area contributed by atoms with Gasteiger partial charge >= 0.3 is 5.97 Å². The number of carbonyl (C=O) groups excluding carboxylic acids is 1. The number of carboxylic acid groups (broad SMARTS) is 1. The van der Waals surface area contributed by atoms with Crippen LogP contribution in [0, 0.1) is 0 Å². The molecule has 0 aliphatic carbocycles. The molecule has 1 amide bonds. The van der Waals surface area contributed by atoms with E-state index in [2.05, 4.69) is 5.32 Å². The van der Waals surface area contributed by atoms with Gasteiger partial charge in [-0.05, 0) is 0 Å². The Kier molecular flexibility index (Phi) is 6.01. The number of carboxylic acids is 1. The predicted molar refractivity (Wildman–Crippen MR) is 65.5 cm³/mol. The Morgan fingerprint density at radius 1 is 1.37 bits per heavy atom. The quantitative estimate of drug-likeness (QED) is 0.370. The maximum absolute atomic E-state index is 10.9. The van der Waals surface area contributed by atoms with Crippen molar-refractivity contribution in [1.29, 1.82) is 0 Å². The zero-order valence-corrected chi connectivity index (χ0v) is 11.0. The molecule has 0 bridgehead atoms. The van der Waals surface area contributed by atoms with E-state index in [9.17, 15) is 19.8 Å². The Morgan fingerprint density at radius 2 is 2.00 bits per heavy atom. The molecule has 110 valence electrons. The Balaban J connectivity index is 2.51. The SMILES string of the molecule is CC(=O)N[C@@H](CSC1O[C@H](CO)[C@H](O)[C@H]1O)C(=O)O. The molecule has 1 unspecified atom stereocenters. The van der Waals surface area contributed by atoms with Gasteiger partial charge in [0.15, 0.2) is 0 Å². The Morgan fingerprint density at radius 3 is 2.42 bits per heavy atom. The van der Waals surface area contributed by atoms with E-state index in [1.807, 2.05) is 0 Å². The number of carbonyl (C=O) groups is 2. The third kappa shape index (κ3) is 4.32. The zero-order valence-electron chi connectivity index (χ0n) is 10.2. The largest absolute Gasteiger partial charge is 0.480 e. The molecule has 1 rings (SSSR count). The normalized spacial score (nSPS) is 32.0. The van der Waals surface area contributed by atoms with E-state index in [-0.39, 0.29) is 5.75 Å². The van der Waals surface area contributed by atoms with Crippen molar-refractivity contribution >= 4 is 23.6 Å². The van der Waals surface area contributed by atoms with Crippen molar-refractivity contribution < 1.29 is 34.8 Å². The molecule has 1 saturated heterocycles. The first-order chi connectivity index (χ1) is 8.86. The summed E-state index contributed by atoms with van der Waals surface area (Å²) in [5.74, 6) is -1.70. The minimum atomic E-state index is -1.22. The fourth-order valence-corrected chi connectivity index (χ4v) is 2.80. The van der Waals surface area contributed by atoms with Gasteiger partial charge in [-0.1, -0.05) is 0 Å². The Hall–Kier alpha value is -0.870. The van der Waals surface area contributed by atoms with E-state index in [1.54, 1.807) is 0 Å². The molecule has 0 aromatic rings. The average molecular weight is 295 g/mol. The second-order valence-electron chi connectivity index (χ2n) is 4.13. The number of nitrogens with one attached hydrogen (secondary N) is 1. The number of hydrogen-bond acceptors (Lipinski definition) is 7. The molecule has 0 radical (unpaired) electrons. The van der Waals surface area contributed by atoms with Crippen LogP contribution >= 0.6 is 11.8 Å². The standard InChI is InChI=1S/C10H17NO7S/c1-4(13)11-5(9(16)17)3-19-10-8(15)7(14)6(2-12)18-10/h5-8,10,12,14-15H,2-3H2,1H3,(H,11,13)(H,16,17)/t5-,6+,7-,8+,10?/m0/s1. The number of aliphatic hydroxyl groups excluding tert-OH is 3. The first-order valence-electron chi connectivity index (χ1n) is 5.60. The van der Waals surface area contributed by atoms with Gasteiger partial charge in [0.25, 0.3) is 0 Å². The summed E-state index contributed by atoms with van der Waals surface area (Å²) in [6.07, 6.45) is -3.32. The molecule has 0 spiro atoms. The number of hydrogen-bond donors (Lipinski definition) is 5. The third-order valence-electron chi connectivity index (χ3n) is 2.60. The summed E-state index contributed by atoms with van der Waals surface area (Å²) in [5.41, 5.74) is -0.845. The van der Waals surface area contributed by atoms with Crippen molar-refractivity contribution in [2.45, 2.75) is 36.7 Å². The second kappa shape index (κ2) is 7.06. The second-order valence-corrected chi connectivity index (χ2v) is 5.26. The molecular formula is C10H17NO7S. The fourth-order valence-electron chi connectivity index (χ4n) is 1.61. The third-order valence-corrected chi connectivity index (χ3v) is 3.85. The smallest absolute Gasteiger partial charge is 0.327 e. The highest BCUT2D eigenvalue weighted by molar-refractivity contribution is 7.99. The summed E-state index contributed by atoms with van der Waals surface area (Å²) < 4.78 is 5.18. The molecule has 0 aromatic heterocycles. The molecule has 1 fully saturated rings. The molecule has 0 aromatic carbocycles. The molecule has 5 atom stereocenters. The monoisotopic (exact) mass is 295 g/mol. The van der Waals surface area contributed by atoms with E-state index in [1.165, 1.54) is 6.92 Å². The van der Waals surface area contributed by atoms with E-state index in [0.29, 0.717) is 0 Å². The van der Waals surface area contributed by atoms with E-state index in [0.717, 1.165) is 11.8 Å². The van der Waals surface area contributed by atoms with E-state index < -0.39 is 48.3 Å². The summed E-state index contributed by atoms with van der Waals surface area (Å²) in [6.45, 7) is 0.760. The summed E-state index contributed by atoms with van der Waals surface area (Å²) in [5, 5.41) is 39.2. The number of aliphatic carboxylic acids is 1. The van der Waals surface area contributed by atoms with Crippen LogP contribution in [0.1, 0.15) is 6.92 Å². The lowest BCUT2D eigenvalue weighted by molar-refractivity contribution is -0.140. The molecule has 9 heteroatoms. The lowest BCUT2D eigenvalue weighted by Crippen LogP contribution is -2.42. The van der Waals surface area contributed by atoms with E-state index >= 15 is 0 Å². The lowest BCUT2D eigenvalue weighted by atomic mass is 10.2. The van der Waals surface area contributed by atoms with Crippen LogP contribution in [0.15, 0.2) is 0 Å². The number of aliphatic hydroxyl groups is 3. The van der Waals surface area contributed by atoms with Crippen molar-refractivity contribution in [3.63, 3.8) is 0 Å². The van der Waals surface area contributed by atoms with Crippen LogP contribution in [-0.4, -0.2) is 74.5 Å². The summed E-state index contributed by atoms with van der Waals surface area (Å²) in [4.78, 5) is 21.7. The predicted octanol–water partition coefficient (Wildman–Crippen LogP) is -2.25. The number of amides is 1. The van der Waals surface area contributed by atoms with Crippen LogP contribution in [0.5, 0.6) is 0 Å². The molecule has 8 nitrogen and oxygen atoms in total. The molecular weight excluding hydrogens is 278 g/mol. The summed E-state index contributed by atoms with van der Waals surface area (Å²) in [7, 11) is 0. The topological polar surface area (TPSA) is 136 Å². The molecule has 1 aliphatic heterocycles. The van der Waals surface area contributed by atoms with Crippen LogP contribution in [0.4, 0.5) is 0 Å². The van der Waals surface area contributed by atoms with Gasteiger partial charge in [-0.25, -0.2) is 4.79 Å². The van der Waals surface area contributed by atoms with E-state index in [4.69, 9.17) is 14.9 Å². The maximum atomic E-state index is 10.9. The maximum Gasteiger partial charge on any atom is 0.327 e. The Bertz CT molecular complexity index is 340. The van der Waals surface area contributed by atoms with Gasteiger partial charge in [0.2, 0.25) is 5.91 Å². The highest BCUT2D eigenvalue weighted by Crippen LogP contribution is 2.29. The van der Waals surface area contributed by atoms with Crippen molar-refractivity contribution in [3.05, 3.63) is 0 Å². The van der Waals surface area contributed by atoms with Gasteiger partial charge in [0.05, 0.1) is 6.61 Å². The van der Waals surface area contributed by atoms with Crippen LogP contribution < -0.4 is 5.32 Å². The summed E-state index contributed by atoms with van der Waals surface area (Å²) in [6, 6.07) is -1.11. The van der Waals surface area contributed by atoms with Crippen LogP contribution in [0.25, 0.3) is 0 Å². The van der Waals surface area contributed by atoms with Crippen LogP contribution in [0.3, 0.4) is 0 Å². The molecule has 1 aliphatic rings. The molecule has 1 heterocycles. The highest BCUT2D eigenvalue weighted by Gasteiger charge is 2.42. The van der Waals surface area contributed by atoms with Gasteiger partial charge in [0.1, 0.15) is 29.8 Å². The number of rotatable bonds is 6. The number of ether oxygens (including phenoxy) is 1. The van der Waals surface area contributed by atoms with Gasteiger partial charge in [-0.3, -0.25) is 4.79 Å². The molecule has 19 heavy (non-hydrogen) atoms. The number of thioether (sulfide) groups is 1. The van der Waals surface area contributed by atoms with Crippen LogP contribution in [-0.2, 0) is 14.3 Å². The van der Waals surface area contributed by atoms with Crippen LogP contribution in [0.2, 0.25) is 0 Å². The minimum Gasteiger partial charge on any atom is -0.480 e. The molecule has 5 N–H and O–H groups in total. The van der Waals surface area contributed by atoms with Gasteiger partial charge in [-0.15, -0.1) is 11.8 Å². The van der Waals surface area contributed by atoms with Gasteiger partial charge in [-0.2, -0.15) is 0 Å². The van der Waals surface area contributed by atoms with Crippen molar-refractivity contribution in [2.24, 2.45) is 0 Å². The van der Waals surface area contributed by atoms with Crippen molar-refractivity contribution in [3.8, 4) is 0 Å². The first kappa shape index (κ1) is 16.2. The fraction of sp³-hybridized carbons (Fsp3) is 0.800. The lowest BCUT2D eigenvalue weighted by Gasteiger charge is -2.17. The first-order valence-corrected chi connectivity index (χ1v) is 6.65. The Labute approximate surface area is 113 Å². The van der Waals surface area contributed by atoms with Gasteiger partial charge in [0, 0.05) is 12.7 Å². The minimum absolute atomic E-state index is 0.0263. The zero-order chi connectivity index (χ0) is 14.6. The van der Waals surface area contributed by atoms with Crippen molar-refractivity contribution in [1.82, 2.24) is 5.32 Å². The molecule has 0 saturated carbocycles. The van der Waals surface area contributed by atoms with Crippen molar-refractivity contribution in [2.75, 3.05) is 12.4 Å². The average Bonchev–Trinajstić information content (AvgIpc) is 2.61.